The molecule has 8 aromatic rings. The molecule has 0 spiro atoms. The van der Waals surface area contributed by atoms with E-state index in [-0.39, 0.29) is 20.1 Å². The van der Waals surface area contributed by atoms with E-state index in [9.17, 15) is 0 Å². The Hall–Kier alpha value is -4.42. The Morgan fingerprint density at radius 2 is 1.68 bits per heavy atom. The van der Waals surface area contributed by atoms with Gasteiger partial charge >= 0.3 is 0 Å². The van der Waals surface area contributed by atoms with Gasteiger partial charge in [-0.2, -0.15) is 0 Å². The molecule has 0 amide bonds. The maximum Gasteiger partial charge on any atom is 0.216 e. The maximum absolute atomic E-state index is 6.21. The van der Waals surface area contributed by atoms with Crippen LogP contribution in [0.15, 0.2) is 95.5 Å². The molecule has 4 aromatic carbocycles. The van der Waals surface area contributed by atoms with E-state index in [2.05, 4.69) is 135 Å². The first-order chi connectivity index (χ1) is 26.6. The van der Waals surface area contributed by atoms with E-state index in [1.807, 2.05) is 25.1 Å². The number of nitrogens with zero attached hydrogens (tertiary/aromatic N) is 4. The summed E-state index contributed by atoms with van der Waals surface area (Å²) in [5.41, 5.74) is 10.6. The molecule has 9 rings (SSSR count). The second-order valence-electron chi connectivity index (χ2n) is 16.8. The maximum atomic E-state index is 6.21. The fourth-order valence-corrected chi connectivity index (χ4v) is 10.1. The first-order valence-electron chi connectivity index (χ1n) is 20.2. The summed E-state index contributed by atoms with van der Waals surface area (Å²) in [6, 6.07) is 36.8. The van der Waals surface area contributed by atoms with Crippen LogP contribution in [-0.2, 0) is 33.1 Å². The van der Waals surface area contributed by atoms with Crippen molar-refractivity contribution in [2.24, 2.45) is 5.92 Å². The van der Waals surface area contributed by atoms with Gasteiger partial charge in [-0.15, -0.1) is 53.6 Å². The molecule has 4 heterocycles. The minimum Gasteiger partial charge on any atom is -0.486 e. The summed E-state index contributed by atoms with van der Waals surface area (Å²) in [6.45, 7) is 16.8. The molecule has 1 fully saturated rings. The number of furan rings is 1. The molecule has 7 heteroatoms. The molecule has 0 unspecified atom stereocenters. The van der Waals surface area contributed by atoms with Crippen LogP contribution in [0.5, 0.6) is 0 Å². The molecule has 1 saturated carbocycles. The molecular weight excluding hydrogens is 881 g/mol. The molecule has 0 atom stereocenters. The van der Waals surface area contributed by atoms with Gasteiger partial charge < -0.3 is 14.0 Å². The topological polar surface area (TPSA) is 56.7 Å². The smallest absolute Gasteiger partial charge is 0.216 e. The summed E-state index contributed by atoms with van der Waals surface area (Å²) in [7, 11) is -1.37. The Labute approximate surface area is 346 Å². The van der Waals surface area contributed by atoms with Crippen molar-refractivity contribution in [3.8, 4) is 22.6 Å². The van der Waals surface area contributed by atoms with Crippen LogP contribution in [0.2, 0.25) is 19.6 Å². The van der Waals surface area contributed by atoms with E-state index in [1.165, 1.54) is 59.2 Å². The van der Waals surface area contributed by atoms with E-state index in [0.717, 1.165) is 74.6 Å². The first kappa shape index (κ1) is 39.8. The number of fused-ring (bicyclic) bond motifs is 6. The molecule has 4 aromatic heterocycles. The van der Waals surface area contributed by atoms with Crippen LogP contribution in [0.25, 0.3) is 66.5 Å². The summed E-state index contributed by atoms with van der Waals surface area (Å²) in [6.07, 6.45) is 10.1. The number of hydrogen-bond donors (Lipinski definition) is 0. The van der Waals surface area contributed by atoms with Gasteiger partial charge in [-0.1, -0.05) is 124 Å². The molecule has 0 saturated heterocycles. The van der Waals surface area contributed by atoms with Gasteiger partial charge in [0, 0.05) is 49.3 Å². The number of hydrogen-bond acceptors (Lipinski definition) is 4. The zero-order valence-electron chi connectivity index (χ0n) is 33.8. The molecule has 5 nitrogen and oxygen atoms in total. The predicted octanol–water partition coefficient (Wildman–Crippen LogP) is 12.6. The van der Waals surface area contributed by atoms with Crippen LogP contribution in [0.4, 0.5) is 0 Å². The van der Waals surface area contributed by atoms with Crippen molar-refractivity contribution in [3.63, 3.8) is 0 Å². The molecule has 1 aliphatic rings. The van der Waals surface area contributed by atoms with E-state index >= 15 is 0 Å². The zero-order valence-corrected chi connectivity index (χ0v) is 37.2. The fraction of sp³-hybridized carbons (Fsp3) is 0.327. The number of aryl methyl sites for hydroxylation is 2. The normalized spacial score (nSPS) is 13.7. The third-order valence-corrected chi connectivity index (χ3v) is 13.3. The summed E-state index contributed by atoms with van der Waals surface area (Å²) in [5, 5.41) is 5.99. The predicted molar refractivity (Wildman–Crippen MR) is 233 cm³/mol. The van der Waals surface area contributed by atoms with Crippen molar-refractivity contribution in [1.29, 1.82) is 0 Å². The minimum absolute atomic E-state index is 0. The Bertz CT molecular complexity index is 2630. The van der Waals surface area contributed by atoms with Gasteiger partial charge in [-0.05, 0) is 60.7 Å². The van der Waals surface area contributed by atoms with Crippen LogP contribution in [-0.4, -0.2) is 27.6 Å². The standard InChI is InChI=1S/C25H18N3O.C24H34NSi.Ir/c1-3-28-22-17-8-5-4-7-16(17)12-14-21(22)27-24(28)20-10-6-9-18-19-13-11-15(2)26-25(19)29-23(18)20;1-18(2)15-22-16-23(25-17-24(22)26(3,4)5)21-13-11-20(12-14-21)19-9-7-6-8-10-19;/h4-9,11-14H,3H2,1-2H3;11-13,16-19H,6-10,15H2,1-5H3;/q2*-1;. The molecule has 289 valence electrons. The molecule has 0 bridgehead atoms. The van der Waals surface area contributed by atoms with Gasteiger partial charge in [0.1, 0.15) is 0 Å². The third-order valence-electron chi connectivity index (χ3n) is 11.2. The monoisotopic (exact) mass is 933 g/mol. The molecule has 0 aliphatic heterocycles. The Kier molecular flexibility index (Phi) is 11.8. The van der Waals surface area contributed by atoms with Crippen LogP contribution < -0.4 is 5.19 Å². The summed E-state index contributed by atoms with van der Waals surface area (Å²) in [5.74, 6) is 2.28. The second-order valence-corrected chi connectivity index (χ2v) is 21.8. The number of aromatic nitrogens is 4. The van der Waals surface area contributed by atoms with Crippen molar-refractivity contribution in [2.45, 2.75) is 98.3 Å². The Balaban J connectivity index is 0.000000170. The van der Waals surface area contributed by atoms with Gasteiger partial charge in [-0.3, -0.25) is 4.98 Å². The van der Waals surface area contributed by atoms with Crippen molar-refractivity contribution in [1.82, 2.24) is 19.5 Å². The van der Waals surface area contributed by atoms with Gasteiger partial charge in [-0.25, -0.2) is 4.98 Å². The average Bonchev–Trinajstić information content (AvgIpc) is 3.76. The molecular formula is C49H52IrN4OSi-2. The quantitative estimate of drug-likeness (QED) is 0.118. The Morgan fingerprint density at radius 3 is 2.41 bits per heavy atom. The van der Waals surface area contributed by atoms with Crippen LogP contribution in [0.1, 0.15) is 75.6 Å². The summed E-state index contributed by atoms with van der Waals surface area (Å²) >= 11 is 0. The van der Waals surface area contributed by atoms with Gasteiger partial charge in [0.15, 0.2) is 0 Å². The summed E-state index contributed by atoms with van der Waals surface area (Å²) in [4.78, 5) is 14.4. The number of pyridine rings is 2. The van der Waals surface area contributed by atoms with Gasteiger partial charge in [0.05, 0.1) is 30.5 Å². The molecule has 1 aliphatic carbocycles. The van der Waals surface area contributed by atoms with E-state index in [4.69, 9.17) is 14.4 Å². The zero-order chi connectivity index (χ0) is 38.3. The average molecular weight is 933 g/mol. The van der Waals surface area contributed by atoms with Gasteiger partial charge in [0.2, 0.25) is 5.71 Å². The number of rotatable bonds is 7. The molecule has 56 heavy (non-hydrogen) atoms. The van der Waals surface area contributed by atoms with Crippen molar-refractivity contribution >= 4 is 57.1 Å². The molecule has 1 radical (unpaired) electrons. The second kappa shape index (κ2) is 16.6. The van der Waals surface area contributed by atoms with Crippen LogP contribution in [0, 0.1) is 25.0 Å². The third kappa shape index (κ3) is 7.91. The number of imidazole rings is 1. The fourth-order valence-electron chi connectivity index (χ4n) is 8.49. The van der Waals surface area contributed by atoms with E-state index < -0.39 is 8.07 Å². The number of benzene rings is 4. The minimum atomic E-state index is -1.37. The molecule has 0 N–H and O–H groups in total. The van der Waals surface area contributed by atoms with Crippen molar-refractivity contribution in [2.75, 3.05) is 0 Å². The Morgan fingerprint density at radius 1 is 0.875 bits per heavy atom. The van der Waals surface area contributed by atoms with E-state index in [1.54, 1.807) is 0 Å². The summed E-state index contributed by atoms with van der Waals surface area (Å²) < 4.78 is 8.46. The SMILES string of the molecule is CC(C)Cc1cc(-c2[c-]cc(C3CCCCC3)cc2)ncc1[Si](C)(C)C.CCn1c(-c2[c-]ccc3c2oc2nc(C)ccc23)nc2ccc3ccccc3c21.[Ir]. The van der Waals surface area contributed by atoms with Crippen molar-refractivity contribution < 1.29 is 24.5 Å². The van der Waals surface area contributed by atoms with E-state index in [0.29, 0.717) is 11.6 Å². The van der Waals surface area contributed by atoms with Gasteiger partial charge in [0.25, 0.3) is 0 Å². The van der Waals surface area contributed by atoms with Crippen LogP contribution >= 0.6 is 0 Å². The first-order valence-corrected chi connectivity index (χ1v) is 23.7. The van der Waals surface area contributed by atoms with Crippen LogP contribution in [0.3, 0.4) is 0 Å². The largest absolute Gasteiger partial charge is 0.486 e. The van der Waals surface area contributed by atoms with Crippen molar-refractivity contribution in [3.05, 3.63) is 120 Å².